The van der Waals surface area contributed by atoms with E-state index in [9.17, 15) is 4.79 Å². The molecule has 0 heterocycles. The van der Waals surface area contributed by atoms with Gasteiger partial charge >= 0.3 is 0 Å². The molecule has 1 saturated carbocycles. The van der Waals surface area contributed by atoms with E-state index in [2.05, 4.69) is 6.92 Å². The number of amides is 1. The Morgan fingerprint density at radius 3 is 2.14 bits per heavy atom. The molecule has 1 fully saturated rings. The lowest BCUT2D eigenvalue weighted by molar-refractivity contribution is -0.131. The van der Waals surface area contributed by atoms with Crippen molar-refractivity contribution in [2.24, 2.45) is 5.92 Å². The van der Waals surface area contributed by atoms with Gasteiger partial charge in [-0.25, -0.2) is 0 Å². The van der Waals surface area contributed by atoms with Gasteiger partial charge in [0.1, 0.15) is 0 Å². The number of ether oxygens (including phenoxy) is 3. The number of hydrogen-bond donors (Lipinski definition) is 0. The zero-order chi connectivity index (χ0) is 16.3. The fraction of sp³-hybridized carbons (Fsp3) is 0.588. The van der Waals surface area contributed by atoms with E-state index in [0.717, 1.165) is 5.56 Å². The van der Waals surface area contributed by atoms with Crippen LogP contribution >= 0.6 is 0 Å². The minimum atomic E-state index is 0.105. The van der Waals surface area contributed by atoms with E-state index in [1.807, 2.05) is 24.1 Å². The molecule has 2 rings (SSSR count). The van der Waals surface area contributed by atoms with E-state index in [-0.39, 0.29) is 5.91 Å². The maximum Gasteiger partial charge on any atom is 0.226 e. The minimum absolute atomic E-state index is 0.105. The molecule has 0 aliphatic heterocycles. The van der Waals surface area contributed by atoms with E-state index in [1.165, 1.54) is 12.8 Å². The van der Waals surface area contributed by atoms with Crippen LogP contribution in [-0.2, 0) is 11.2 Å². The van der Waals surface area contributed by atoms with Crippen LogP contribution in [0.15, 0.2) is 12.1 Å². The molecule has 1 atom stereocenters. The molecular weight excluding hydrogens is 282 g/mol. The normalized spacial score (nSPS) is 15.1. The van der Waals surface area contributed by atoms with Gasteiger partial charge in [0.2, 0.25) is 11.7 Å². The topological polar surface area (TPSA) is 48.0 Å². The highest BCUT2D eigenvalue weighted by Crippen LogP contribution is 2.39. The third kappa shape index (κ3) is 3.46. The lowest BCUT2D eigenvalue weighted by Gasteiger charge is -2.25. The summed E-state index contributed by atoms with van der Waals surface area (Å²) < 4.78 is 16.0. The van der Waals surface area contributed by atoms with Gasteiger partial charge in [-0.3, -0.25) is 4.79 Å². The summed E-state index contributed by atoms with van der Waals surface area (Å²) in [5, 5.41) is 0. The number of hydrogen-bond acceptors (Lipinski definition) is 4. The van der Waals surface area contributed by atoms with Gasteiger partial charge in [0.15, 0.2) is 11.5 Å². The van der Waals surface area contributed by atoms with Crippen LogP contribution in [0.2, 0.25) is 0 Å². The van der Waals surface area contributed by atoms with E-state index < -0.39 is 0 Å². The van der Waals surface area contributed by atoms with Crippen molar-refractivity contribution < 1.29 is 19.0 Å². The summed E-state index contributed by atoms with van der Waals surface area (Å²) in [6, 6.07) is 3.96. The number of carbonyl (C=O) groups excluding carboxylic acids is 1. The predicted molar refractivity (Wildman–Crippen MR) is 84.8 cm³/mol. The molecule has 5 nitrogen and oxygen atoms in total. The highest BCUT2D eigenvalue weighted by molar-refractivity contribution is 5.79. The van der Waals surface area contributed by atoms with Gasteiger partial charge in [0.25, 0.3) is 0 Å². The molecule has 22 heavy (non-hydrogen) atoms. The third-order valence-electron chi connectivity index (χ3n) is 4.39. The quantitative estimate of drug-likeness (QED) is 0.776. The van der Waals surface area contributed by atoms with Crippen molar-refractivity contribution in [1.29, 1.82) is 0 Å². The number of benzene rings is 1. The summed E-state index contributed by atoms with van der Waals surface area (Å²) in [5.41, 5.74) is 0.856. The Bertz CT molecular complexity index is 514. The van der Waals surface area contributed by atoms with Gasteiger partial charge in [-0.1, -0.05) is 0 Å². The van der Waals surface area contributed by atoms with Gasteiger partial charge in [0.05, 0.1) is 27.8 Å². The molecule has 0 radical (unpaired) electrons. The zero-order valence-corrected chi connectivity index (χ0v) is 14.0. The molecule has 1 aromatic rings. The van der Waals surface area contributed by atoms with Crippen LogP contribution in [-0.4, -0.2) is 45.2 Å². The van der Waals surface area contributed by atoms with E-state index in [1.54, 1.807) is 21.3 Å². The first-order valence-electron chi connectivity index (χ1n) is 7.56. The Balaban J connectivity index is 2.16. The average Bonchev–Trinajstić information content (AvgIpc) is 3.37. The molecule has 0 saturated heterocycles. The maximum atomic E-state index is 12.5. The molecule has 1 amide bonds. The first kappa shape index (κ1) is 16.5. The van der Waals surface area contributed by atoms with Crippen molar-refractivity contribution in [3.8, 4) is 17.2 Å². The van der Waals surface area contributed by atoms with Gasteiger partial charge in [-0.2, -0.15) is 0 Å². The minimum Gasteiger partial charge on any atom is -0.493 e. The summed E-state index contributed by atoms with van der Waals surface area (Å²) in [6.07, 6.45) is 2.77. The fourth-order valence-corrected chi connectivity index (χ4v) is 2.66. The van der Waals surface area contributed by atoms with Crippen LogP contribution in [0.1, 0.15) is 25.3 Å². The summed E-state index contributed by atoms with van der Waals surface area (Å²) in [6.45, 7) is 2.12. The standard InChI is InChI=1S/C17H25NO4/c1-11(13-6-7-13)18(2)16(19)10-12-8-14(20-3)17(22-5)15(9-12)21-4/h8-9,11,13H,6-7,10H2,1-5H3. The van der Waals surface area contributed by atoms with Crippen LogP contribution in [0.25, 0.3) is 0 Å². The second-order valence-corrected chi connectivity index (χ2v) is 5.79. The van der Waals surface area contributed by atoms with Crippen LogP contribution in [0.3, 0.4) is 0 Å². The monoisotopic (exact) mass is 307 g/mol. The molecule has 1 aromatic carbocycles. The number of carbonyl (C=O) groups is 1. The van der Waals surface area contributed by atoms with Crippen LogP contribution in [0.5, 0.6) is 17.2 Å². The molecule has 122 valence electrons. The second kappa shape index (κ2) is 6.90. The second-order valence-electron chi connectivity index (χ2n) is 5.79. The molecule has 0 N–H and O–H groups in total. The Labute approximate surface area is 132 Å². The summed E-state index contributed by atoms with van der Waals surface area (Å²) >= 11 is 0. The van der Waals surface area contributed by atoms with Crippen molar-refractivity contribution in [2.75, 3.05) is 28.4 Å². The molecule has 0 spiro atoms. The summed E-state index contributed by atoms with van der Waals surface area (Å²) in [5.74, 6) is 2.45. The van der Waals surface area contributed by atoms with Gasteiger partial charge < -0.3 is 19.1 Å². The van der Waals surface area contributed by atoms with Gasteiger partial charge in [-0.15, -0.1) is 0 Å². The predicted octanol–water partition coefficient (Wildman–Crippen LogP) is 2.51. The Hall–Kier alpha value is -1.91. The highest BCUT2D eigenvalue weighted by atomic mass is 16.5. The summed E-state index contributed by atoms with van der Waals surface area (Å²) in [4.78, 5) is 14.3. The Kier molecular flexibility index (Phi) is 5.16. The smallest absolute Gasteiger partial charge is 0.226 e. The molecule has 1 unspecified atom stereocenters. The summed E-state index contributed by atoms with van der Waals surface area (Å²) in [7, 11) is 6.59. The fourth-order valence-electron chi connectivity index (χ4n) is 2.66. The van der Waals surface area contributed by atoms with Gasteiger partial charge in [0, 0.05) is 13.1 Å². The third-order valence-corrected chi connectivity index (χ3v) is 4.39. The van der Waals surface area contributed by atoms with Crippen LogP contribution < -0.4 is 14.2 Å². The molecule has 1 aliphatic rings. The molecule has 5 heteroatoms. The van der Waals surface area contributed by atoms with Gasteiger partial charge in [-0.05, 0) is 43.4 Å². The van der Waals surface area contributed by atoms with Crippen LogP contribution in [0.4, 0.5) is 0 Å². The number of likely N-dealkylation sites (N-methyl/N-ethyl adjacent to an activating group) is 1. The number of rotatable bonds is 7. The van der Waals surface area contributed by atoms with Crippen molar-refractivity contribution in [1.82, 2.24) is 4.90 Å². The first-order chi connectivity index (χ1) is 10.5. The van der Waals surface area contributed by atoms with Crippen molar-refractivity contribution in [3.05, 3.63) is 17.7 Å². The average molecular weight is 307 g/mol. The highest BCUT2D eigenvalue weighted by Gasteiger charge is 2.32. The number of methoxy groups -OCH3 is 3. The zero-order valence-electron chi connectivity index (χ0n) is 14.0. The van der Waals surface area contributed by atoms with E-state index in [4.69, 9.17) is 14.2 Å². The Morgan fingerprint density at radius 1 is 1.18 bits per heavy atom. The van der Waals surface area contributed by atoms with Crippen molar-refractivity contribution in [3.63, 3.8) is 0 Å². The SMILES string of the molecule is COc1cc(CC(=O)N(C)C(C)C2CC2)cc(OC)c1OC. The molecular formula is C17H25NO4. The van der Waals surface area contributed by atoms with Crippen molar-refractivity contribution in [2.45, 2.75) is 32.2 Å². The molecule has 0 aromatic heterocycles. The molecule has 1 aliphatic carbocycles. The van der Waals surface area contributed by atoms with E-state index in [0.29, 0.717) is 35.6 Å². The van der Waals surface area contributed by atoms with Crippen molar-refractivity contribution >= 4 is 5.91 Å². The lowest BCUT2D eigenvalue weighted by atomic mass is 10.1. The first-order valence-corrected chi connectivity index (χ1v) is 7.56. The van der Waals surface area contributed by atoms with Crippen LogP contribution in [0, 0.1) is 5.92 Å². The molecule has 0 bridgehead atoms. The Morgan fingerprint density at radius 2 is 1.73 bits per heavy atom. The largest absolute Gasteiger partial charge is 0.493 e. The van der Waals surface area contributed by atoms with E-state index >= 15 is 0 Å². The lowest BCUT2D eigenvalue weighted by Crippen LogP contribution is -2.37. The maximum absolute atomic E-state index is 12.5. The number of nitrogens with zero attached hydrogens (tertiary/aromatic N) is 1.